The molecule has 0 saturated carbocycles. The zero-order valence-corrected chi connectivity index (χ0v) is 12.2. The Kier molecular flexibility index (Phi) is 4.27. The van der Waals surface area contributed by atoms with Crippen LogP contribution >= 0.6 is 0 Å². The van der Waals surface area contributed by atoms with E-state index in [9.17, 15) is 18.0 Å². The molecule has 0 radical (unpaired) electrons. The fourth-order valence-corrected chi connectivity index (χ4v) is 2.40. The molecule has 1 aliphatic heterocycles. The van der Waals surface area contributed by atoms with Gasteiger partial charge in [0, 0.05) is 24.8 Å². The van der Waals surface area contributed by atoms with Crippen LogP contribution in [0, 0.1) is 6.92 Å². The summed E-state index contributed by atoms with van der Waals surface area (Å²) in [5.41, 5.74) is -1.21. The highest BCUT2D eigenvalue weighted by Gasteiger charge is 2.42. The van der Waals surface area contributed by atoms with Crippen LogP contribution in [-0.4, -0.2) is 46.9 Å². The molecule has 1 saturated heterocycles. The van der Waals surface area contributed by atoms with Crippen molar-refractivity contribution in [2.75, 3.05) is 26.3 Å². The van der Waals surface area contributed by atoms with Crippen LogP contribution in [0.1, 0.15) is 41.6 Å². The van der Waals surface area contributed by atoms with Gasteiger partial charge < -0.3 is 9.64 Å². The average Bonchev–Trinajstić information content (AvgIpc) is 2.76. The second-order valence-corrected chi connectivity index (χ2v) is 5.25. The highest BCUT2D eigenvalue weighted by molar-refractivity contribution is 5.96. The van der Waals surface area contributed by atoms with Crippen LogP contribution in [0.25, 0.3) is 0 Å². The van der Waals surface area contributed by atoms with E-state index in [4.69, 9.17) is 4.74 Å². The fourth-order valence-electron chi connectivity index (χ4n) is 2.40. The van der Waals surface area contributed by atoms with E-state index in [2.05, 4.69) is 5.10 Å². The van der Waals surface area contributed by atoms with E-state index in [-0.39, 0.29) is 17.3 Å². The highest BCUT2D eigenvalue weighted by Crippen LogP contribution is 2.34. The zero-order chi connectivity index (χ0) is 15.8. The van der Waals surface area contributed by atoms with E-state index in [0.29, 0.717) is 26.3 Å². The van der Waals surface area contributed by atoms with Gasteiger partial charge in [0.15, 0.2) is 5.69 Å². The maximum Gasteiger partial charge on any atom is 0.435 e. The van der Waals surface area contributed by atoms with Crippen LogP contribution in [0.2, 0.25) is 0 Å². The largest absolute Gasteiger partial charge is 0.435 e. The third-order valence-corrected chi connectivity index (χ3v) is 3.42. The van der Waals surface area contributed by atoms with Crippen molar-refractivity contribution in [3.05, 3.63) is 17.0 Å². The van der Waals surface area contributed by atoms with E-state index in [1.54, 1.807) is 13.8 Å². The summed E-state index contributed by atoms with van der Waals surface area (Å²) in [5, 5.41) is 3.61. The fraction of sp³-hybridized carbons (Fsp3) is 0.692. The van der Waals surface area contributed by atoms with Crippen molar-refractivity contribution in [1.29, 1.82) is 0 Å². The Hall–Kier alpha value is -1.57. The summed E-state index contributed by atoms with van der Waals surface area (Å²) < 4.78 is 45.9. The van der Waals surface area contributed by atoms with Crippen LogP contribution < -0.4 is 0 Å². The van der Waals surface area contributed by atoms with Crippen molar-refractivity contribution in [2.45, 2.75) is 33.0 Å². The molecule has 0 aliphatic carbocycles. The molecular weight excluding hydrogens is 287 g/mol. The van der Waals surface area contributed by atoms with Crippen molar-refractivity contribution in [3.63, 3.8) is 0 Å². The van der Waals surface area contributed by atoms with Crippen molar-refractivity contribution >= 4 is 5.91 Å². The molecule has 0 atom stereocenters. The summed E-state index contributed by atoms with van der Waals surface area (Å²) >= 11 is 0. The number of carbonyl (C=O) groups is 1. The normalized spacial score (nSPS) is 16.6. The first-order valence-corrected chi connectivity index (χ1v) is 6.76. The van der Waals surface area contributed by atoms with Gasteiger partial charge in [0.25, 0.3) is 5.91 Å². The Morgan fingerprint density at radius 2 is 1.86 bits per heavy atom. The molecule has 0 spiro atoms. The third kappa shape index (κ3) is 3.04. The minimum atomic E-state index is -4.65. The number of hydrogen-bond acceptors (Lipinski definition) is 3. The number of hydrogen-bond donors (Lipinski definition) is 0. The minimum absolute atomic E-state index is 0.244. The topological polar surface area (TPSA) is 47.4 Å². The minimum Gasteiger partial charge on any atom is -0.378 e. The number of nitrogens with zero attached hydrogens (tertiary/aromatic N) is 3. The van der Waals surface area contributed by atoms with Gasteiger partial charge in [0.2, 0.25) is 0 Å². The Bertz CT molecular complexity index is 531. The molecule has 1 aliphatic rings. The first-order chi connectivity index (χ1) is 9.73. The number of aromatic nitrogens is 2. The summed E-state index contributed by atoms with van der Waals surface area (Å²) in [7, 11) is 0. The SMILES string of the molecule is Cc1c(C(=O)N2CCOCC2)c(C(F)(F)F)nn1C(C)C. The van der Waals surface area contributed by atoms with E-state index >= 15 is 0 Å². The number of morpholine rings is 1. The molecule has 2 heterocycles. The summed E-state index contributed by atoms with van der Waals surface area (Å²) in [6.45, 7) is 6.21. The summed E-state index contributed by atoms with van der Waals surface area (Å²) in [6, 6.07) is -0.252. The van der Waals surface area contributed by atoms with Crippen LogP contribution in [0.4, 0.5) is 13.2 Å². The van der Waals surface area contributed by atoms with Crippen LogP contribution in [0.15, 0.2) is 0 Å². The first kappa shape index (κ1) is 15.8. The van der Waals surface area contributed by atoms with Gasteiger partial charge in [-0.05, 0) is 20.8 Å². The molecule has 1 fully saturated rings. The van der Waals surface area contributed by atoms with Crippen molar-refractivity contribution in [2.24, 2.45) is 0 Å². The summed E-state index contributed by atoms with van der Waals surface area (Å²) in [4.78, 5) is 13.8. The van der Waals surface area contributed by atoms with Crippen LogP contribution in [0.3, 0.4) is 0 Å². The Labute approximate surface area is 120 Å². The zero-order valence-electron chi connectivity index (χ0n) is 12.2. The van der Waals surface area contributed by atoms with Gasteiger partial charge in [-0.1, -0.05) is 0 Å². The smallest absolute Gasteiger partial charge is 0.378 e. The Morgan fingerprint density at radius 1 is 1.29 bits per heavy atom. The maximum absolute atomic E-state index is 13.2. The van der Waals surface area contributed by atoms with Gasteiger partial charge in [0.1, 0.15) is 0 Å². The lowest BCUT2D eigenvalue weighted by Gasteiger charge is -2.27. The molecule has 0 aromatic carbocycles. The molecular formula is C13H18F3N3O2. The predicted octanol–water partition coefficient (Wildman–Crippen LogP) is 2.26. The highest BCUT2D eigenvalue weighted by atomic mass is 19.4. The van der Waals surface area contributed by atoms with Gasteiger partial charge in [-0.15, -0.1) is 0 Å². The van der Waals surface area contributed by atoms with E-state index in [0.717, 1.165) is 0 Å². The van der Waals surface area contributed by atoms with Crippen molar-refractivity contribution in [1.82, 2.24) is 14.7 Å². The standard InChI is InChI=1S/C13H18F3N3O2/c1-8(2)19-9(3)10(11(17-19)13(14,15)16)12(20)18-4-6-21-7-5-18/h8H,4-7H2,1-3H3. The number of ether oxygens (including phenoxy) is 1. The lowest BCUT2D eigenvalue weighted by atomic mass is 10.1. The molecule has 8 heteroatoms. The van der Waals surface area contributed by atoms with Gasteiger partial charge in [-0.2, -0.15) is 18.3 Å². The van der Waals surface area contributed by atoms with Crippen LogP contribution in [0.5, 0.6) is 0 Å². The first-order valence-electron chi connectivity index (χ1n) is 6.76. The summed E-state index contributed by atoms with van der Waals surface area (Å²) in [5.74, 6) is -0.630. The van der Waals surface area contributed by atoms with Gasteiger partial charge >= 0.3 is 6.18 Å². The maximum atomic E-state index is 13.2. The van der Waals surface area contributed by atoms with Crippen molar-refractivity contribution in [3.8, 4) is 0 Å². The molecule has 1 amide bonds. The number of rotatable bonds is 2. The van der Waals surface area contributed by atoms with Gasteiger partial charge in [-0.3, -0.25) is 9.48 Å². The molecule has 1 aromatic heterocycles. The number of amides is 1. The third-order valence-electron chi connectivity index (χ3n) is 3.42. The molecule has 21 heavy (non-hydrogen) atoms. The Morgan fingerprint density at radius 3 is 2.33 bits per heavy atom. The average molecular weight is 305 g/mol. The lowest BCUT2D eigenvalue weighted by Crippen LogP contribution is -2.41. The molecule has 0 bridgehead atoms. The predicted molar refractivity (Wildman–Crippen MR) is 69.1 cm³/mol. The van der Waals surface area contributed by atoms with E-state index in [1.165, 1.54) is 16.5 Å². The molecule has 5 nitrogen and oxygen atoms in total. The molecule has 118 valence electrons. The number of halogens is 3. The lowest BCUT2D eigenvalue weighted by molar-refractivity contribution is -0.142. The molecule has 0 N–H and O–H groups in total. The number of alkyl halides is 3. The van der Waals surface area contributed by atoms with Gasteiger partial charge in [-0.25, -0.2) is 0 Å². The van der Waals surface area contributed by atoms with E-state index < -0.39 is 17.8 Å². The number of carbonyl (C=O) groups excluding carboxylic acids is 1. The van der Waals surface area contributed by atoms with Crippen molar-refractivity contribution < 1.29 is 22.7 Å². The quantitative estimate of drug-likeness (QED) is 0.842. The second-order valence-electron chi connectivity index (χ2n) is 5.25. The monoisotopic (exact) mass is 305 g/mol. The second kappa shape index (κ2) is 5.67. The van der Waals surface area contributed by atoms with Gasteiger partial charge in [0.05, 0.1) is 18.8 Å². The summed E-state index contributed by atoms with van der Waals surface area (Å²) in [6.07, 6.45) is -4.65. The molecule has 1 aromatic rings. The van der Waals surface area contributed by atoms with Crippen LogP contribution in [-0.2, 0) is 10.9 Å². The van der Waals surface area contributed by atoms with E-state index in [1.807, 2.05) is 0 Å². The molecule has 2 rings (SSSR count). The Balaban J connectivity index is 2.47. The molecule has 0 unspecified atom stereocenters.